The summed E-state index contributed by atoms with van der Waals surface area (Å²) in [6.07, 6.45) is 0. The van der Waals surface area contributed by atoms with Crippen LogP contribution in [-0.4, -0.2) is 7.11 Å². The first-order valence-electron chi connectivity index (χ1n) is 5.50. The molecule has 0 amide bonds. The lowest BCUT2D eigenvalue weighted by atomic mass is 10.2. The van der Waals surface area contributed by atoms with Gasteiger partial charge in [-0.25, -0.2) is 4.39 Å². The van der Waals surface area contributed by atoms with Crippen molar-refractivity contribution in [2.45, 2.75) is 10.6 Å². The van der Waals surface area contributed by atoms with Gasteiger partial charge in [-0.3, -0.25) is 0 Å². The fourth-order valence-corrected chi connectivity index (χ4v) is 2.41. The zero-order chi connectivity index (χ0) is 13.0. The van der Waals surface area contributed by atoms with Crippen LogP contribution in [0, 0.1) is 5.82 Å². The van der Waals surface area contributed by atoms with E-state index in [0.29, 0.717) is 5.75 Å². The maximum Gasteiger partial charge on any atom is 0.146 e. The van der Waals surface area contributed by atoms with E-state index in [2.05, 4.69) is 0 Å². The van der Waals surface area contributed by atoms with Crippen molar-refractivity contribution in [3.63, 3.8) is 0 Å². The zero-order valence-corrected chi connectivity index (χ0v) is 10.8. The van der Waals surface area contributed by atoms with E-state index >= 15 is 0 Å². The molecule has 0 aliphatic carbocycles. The highest BCUT2D eigenvalue weighted by Gasteiger charge is 2.02. The Labute approximate surface area is 110 Å². The number of anilines is 1. The third-order valence-electron chi connectivity index (χ3n) is 2.51. The molecule has 0 bridgehead atoms. The molecule has 94 valence electrons. The number of rotatable bonds is 4. The topological polar surface area (TPSA) is 35.2 Å². The van der Waals surface area contributed by atoms with E-state index in [1.807, 2.05) is 30.3 Å². The SMILES string of the molecule is COc1cccc(SCc2ccc(N)c(F)c2)c1. The van der Waals surface area contributed by atoms with Crippen molar-refractivity contribution in [1.82, 2.24) is 0 Å². The summed E-state index contributed by atoms with van der Waals surface area (Å²) in [5.74, 6) is 1.16. The summed E-state index contributed by atoms with van der Waals surface area (Å²) < 4.78 is 18.4. The lowest BCUT2D eigenvalue weighted by Gasteiger charge is -2.05. The Hall–Kier alpha value is -1.68. The first kappa shape index (κ1) is 12.8. The van der Waals surface area contributed by atoms with Crippen LogP contribution in [0.25, 0.3) is 0 Å². The highest BCUT2D eigenvalue weighted by Crippen LogP contribution is 2.26. The summed E-state index contributed by atoms with van der Waals surface area (Å²) in [4.78, 5) is 1.09. The Balaban J connectivity index is 2.04. The molecule has 0 atom stereocenters. The zero-order valence-electron chi connectivity index (χ0n) is 10.0. The maximum absolute atomic E-state index is 13.3. The van der Waals surface area contributed by atoms with Crippen LogP contribution in [0.4, 0.5) is 10.1 Å². The van der Waals surface area contributed by atoms with Crippen LogP contribution in [0.1, 0.15) is 5.56 Å². The lowest BCUT2D eigenvalue weighted by molar-refractivity contribution is 0.413. The van der Waals surface area contributed by atoms with Crippen molar-refractivity contribution in [3.8, 4) is 5.75 Å². The molecule has 4 heteroatoms. The molecular weight excluding hydrogens is 249 g/mol. The summed E-state index contributed by atoms with van der Waals surface area (Å²) in [6, 6.07) is 12.7. The summed E-state index contributed by atoms with van der Waals surface area (Å²) >= 11 is 1.63. The predicted molar refractivity (Wildman–Crippen MR) is 73.4 cm³/mol. The van der Waals surface area contributed by atoms with Crippen LogP contribution in [-0.2, 0) is 5.75 Å². The normalized spacial score (nSPS) is 10.3. The molecule has 2 N–H and O–H groups in total. The van der Waals surface area contributed by atoms with Gasteiger partial charge in [0.05, 0.1) is 12.8 Å². The Bertz CT molecular complexity index is 545. The van der Waals surface area contributed by atoms with Crippen molar-refractivity contribution in [1.29, 1.82) is 0 Å². The number of methoxy groups -OCH3 is 1. The largest absolute Gasteiger partial charge is 0.497 e. The number of hydrogen-bond donors (Lipinski definition) is 1. The quantitative estimate of drug-likeness (QED) is 0.674. The first-order valence-corrected chi connectivity index (χ1v) is 6.48. The molecule has 0 aromatic heterocycles. The van der Waals surface area contributed by atoms with Gasteiger partial charge in [0.25, 0.3) is 0 Å². The second-order valence-corrected chi connectivity index (χ2v) is 4.87. The fourth-order valence-electron chi connectivity index (χ4n) is 1.52. The van der Waals surface area contributed by atoms with Gasteiger partial charge in [-0.15, -0.1) is 11.8 Å². The van der Waals surface area contributed by atoms with Crippen LogP contribution in [0.5, 0.6) is 5.75 Å². The number of nitrogen functional groups attached to an aromatic ring is 1. The van der Waals surface area contributed by atoms with Crippen LogP contribution in [0.2, 0.25) is 0 Å². The fraction of sp³-hybridized carbons (Fsp3) is 0.143. The molecular formula is C14H14FNOS. The molecule has 2 aromatic carbocycles. The van der Waals surface area contributed by atoms with E-state index in [0.717, 1.165) is 16.2 Å². The van der Waals surface area contributed by atoms with Gasteiger partial charge in [-0.2, -0.15) is 0 Å². The number of nitrogens with two attached hydrogens (primary N) is 1. The van der Waals surface area contributed by atoms with Crippen molar-refractivity contribution < 1.29 is 9.13 Å². The average Bonchev–Trinajstić information content (AvgIpc) is 2.40. The van der Waals surface area contributed by atoms with Gasteiger partial charge in [0.15, 0.2) is 0 Å². The average molecular weight is 263 g/mol. The van der Waals surface area contributed by atoms with Crippen LogP contribution in [0.3, 0.4) is 0 Å². The minimum absolute atomic E-state index is 0.185. The highest BCUT2D eigenvalue weighted by atomic mass is 32.2. The molecule has 0 saturated carbocycles. The molecule has 0 saturated heterocycles. The molecule has 0 fully saturated rings. The van der Waals surface area contributed by atoms with Crippen LogP contribution in [0.15, 0.2) is 47.4 Å². The van der Waals surface area contributed by atoms with Gasteiger partial charge in [0.1, 0.15) is 11.6 Å². The molecule has 0 unspecified atom stereocenters. The van der Waals surface area contributed by atoms with Gasteiger partial charge in [-0.1, -0.05) is 12.1 Å². The Morgan fingerprint density at radius 2 is 2.06 bits per heavy atom. The molecule has 2 aromatic rings. The van der Waals surface area contributed by atoms with E-state index in [1.165, 1.54) is 6.07 Å². The summed E-state index contributed by atoms with van der Waals surface area (Å²) in [7, 11) is 1.64. The summed E-state index contributed by atoms with van der Waals surface area (Å²) in [6.45, 7) is 0. The summed E-state index contributed by atoms with van der Waals surface area (Å²) in [5, 5.41) is 0. The van der Waals surface area contributed by atoms with E-state index < -0.39 is 0 Å². The highest BCUT2D eigenvalue weighted by molar-refractivity contribution is 7.98. The van der Waals surface area contributed by atoms with Gasteiger partial charge < -0.3 is 10.5 Å². The van der Waals surface area contributed by atoms with Crippen molar-refractivity contribution in [2.75, 3.05) is 12.8 Å². The molecule has 2 rings (SSSR count). The van der Waals surface area contributed by atoms with Crippen molar-refractivity contribution in [2.24, 2.45) is 0 Å². The minimum Gasteiger partial charge on any atom is -0.497 e. The van der Waals surface area contributed by atoms with E-state index in [9.17, 15) is 4.39 Å². The van der Waals surface area contributed by atoms with E-state index in [-0.39, 0.29) is 11.5 Å². The molecule has 0 heterocycles. The molecule has 18 heavy (non-hydrogen) atoms. The smallest absolute Gasteiger partial charge is 0.146 e. The second-order valence-electron chi connectivity index (χ2n) is 3.82. The van der Waals surface area contributed by atoms with Gasteiger partial charge >= 0.3 is 0 Å². The lowest BCUT2D eigenvalue weighted by Crippen LogP contribution is -1.91. The molecule has 2 nitrogen and oxygen atoms in total. The van der Waals surface area contributed by atoms with E-state index in [4.69, 9.17) is 10.5 Å². The first-order chi connectivity index (χ1) is 8.69. The second kappa shape index (κ2) is 5.78. The third kappa shape index (κ3) is 3.17. The van der Waals surface area contributed by atoms with Gasteiger partial charge in [0, 0.05) is 10.6 Å². The number of thioether (sulfide) groups is 1. The Morgan fingerprint density at radius 1 is 1.22 bits per heavy atom. The van der Waals surface area contributed by atoms with Crippen LogP contribution < -0.4 is 10.5 Å². The Morgan fingerprint density at radius 3 is 2.78 bits per heavy atom. The predicted octanol–water partition coefficient (Wildman–Crippen LogP) is 3.71. The van der Waals surface area contributed by atoms with Crippen molar-refractivity contribution in [3.05, 3.63) is 53.8 Å². The minimum atomic E-state index is -0.362. The van der Waals surface area contributed by atoms with Crippen LogP contribution >= 0.6 is 11.8 Å². The summed E-state index contributed by atoms with van der Waals surface area (Å²) in [5.41, 5.74) is 6.53. The molecule has 0 spiro atoms. The van der Waals surface area contributed by atoms with E-state index in [1.54, 1.807) is 24.9 Å². The molecule has 0 aliphatic heterocycles. The monoisotopic (exact) mass is 263 g/mol. The Kier molecular flexibility index (Phi) is 4.10. The number of halogens is 1. The molecule has 0 radical (unpaired) electrons. The van der Waals surface area contributed by atoms with Gasteiger partial charge in [-0.05, 0) is 35.9 Å². The number of ether oxygens (including phenoxy) is 1. The number of hydrogen-bond acceptors (Lipinski definition) is 3. The third-order valence-corrected chi connectivity index (χ3v) is 3.58. The van der Waals surface area contributed by atoms with Gasteiger partial charge in [0.2, 0.25) is 0 Å². The molecule has 0 aliphatic rings. The van der Waals surface area contributed by atoms with Crippen molar-refractivity contribution >= 4 is 17.4 Å². The number of benzene rings is 2. The standard InChI is InChI=1S/C14H14FNOS/c1-17-11-3-2-4-12(8-11)18-9-10-5-6-14(16)13(15)7-10/h2-8H,9,16H2,1H3. The maximum atomic E-state index is 13.3.